The quantitative estimate of drug-likeness (QED) is 0.890. The van der Waals surface area contributed by atoms with Crippen molar-refractivity contribution < 1.29 is 19.1 Å². The highest BCUT2D eigenvalue weighted by atomic mass is 16.4. The molecule has 2 aromatic rings. The molecule has 0 saturated heterocycles. The van der Waals surface area contributed by atoms with E-state index in [0.717, 1.165) is 17.1 Å². The molecule has 0 fully saturated rings. The monoisotopic (exact) mass is 301 g/mol. The molecule has 0 aliphatic heterocycles. The van der Waals surface area contributed by atoms with Gasteiger partial charge >= 0.3 is 5.97 Å². The van der Waals surface area contributed by atoms with E-state index in [4.69, 9.17) is 9.52 Å². The number of carboxylic acids is 1. The molecule has 0 saturated carbocycles. The van der Waals surface area contributed by atoms with Gasteiger partial charge in [0.1, 0.15) is 11.5 Å². The first kappa shape index (κ1) is 15.8. The Morgan fingerprint density at radius 3 is 2.36 bits per heavy atom. The molecule has 1 aromatic carbocycles. The van der Waals surface area contributed by atoms with Crippen LogP contribution >= 0.6 is 0 Å². The first-order valence-corrected chi connectivity index (χ1v) is 7.07. The number of hydrogen-bond acceptors (Lipinski definition) is 3. The van der Waals surface area contributed by atoms with Crippen LogP contribution in [0.3, 0.4) is 0 Å². The predicted octanol–water partition coefficient (Wildman–Crippen LogP) is 2.88. The largest absolute Gasteiger partial charge is 0.478 e. The molecular weight excluding hydrogens is 282 g/mol. The van der Waals surface area contributed by atoms with Crippen LogP contribution in [0.15, 0.2) is 40.8 Å². The van der Waals surface area contributed by atoms with Crippen LogP contribution in [0.25, 0.3) is 0 Å². The van der Waals surface area contributed by atoms with Gasteiger partial charge in [0.25, 0.3) is 0 Å². The number of nitrogens with zero attached hydrogens (tertiary/aromatic N) is 1. The van der Waals surface area contributed by atoms with Gasteiger partial charge in [-0.25, -0.2) is 4.79 Å². The van der Waals surface area contributed by atoms with Crippen LogP contribution in [0.2, 0.25) is 0 Å². The molecule has 0 atom stereocenters. The standard InChI is InChI=1S/C17H19NO4/c1-12-3-9-15(22-12)11-18(2)16(19)10-6-13-4-7-14(8-5-13)17(20)21/h3-5,7-9H,6,10-11H2,1-2H3,(H,20,21). The van der Waals surface area contributed by atoms with Gasteiger partial charge in [-0.3, -0.25) is 4.79 Å². The maximum atomic E-state index is 12.1. The van der Waals surface area contributed by atoms with Crippen molar-refractivity contribution in [2.45, 2.75) is 26.3 Å². The number of carbonyl (C=O) groups excluding carboxylic acids is 1. The van der Waals surface area contributed by atoms with Crippen molar-refractivity contribution >= 4 is 11.9 Å². The first-order valence-electron chi connectivity index (χ1n) is 7.07. The van der Waals surface area contributed by atoms with Crippen molar-refractivity contribution in [3.8, 4) is 0 Å². The van der Waals surface area contributed by atoms with E-state index in [1.54, 1.807) is 36.2 Å². The van der Waals surface area contributed by atoms with E-state index >= 15 is 0 Å². The van der Waals surface area contributed by atoms with Crippen LogP contribution in [-0.2, 0) is 17.8 Å². The minimum absolute atomic E-state index is 0.0244. The summed E-state index contributed by atoms with van der Waals surface area (Å²) in [6.07, 6.45) is 0.961. The molecule has 5 nitrogen and oxygen atoms in total. The summed E-state index contributed by atoms with van der Waals surface area (Å²) in [5.74, 6) is 0.668. The summed E-state index contributed by atoms with van der Waals surface area (Å²) < 4.78 is 5.45. The fourth-order valence-corrected chi connectivity index (χ4v) is 2.15. The van der Waals surface area contributed by atoms with E-state index in [1.165, 1.54) is 0 Å². The molecule has 1 heterocycles. The van der Waals surface area contributed by atoms with Crippen molar-refractivity contribution in [1.82, 2.24) is 4.90 Å². The summed E-state index contributed by atoms with van der Waals surface area (Å²) in [6.45, 7) is 2.32. The molecule has 0 aliphatic rings. The van der Waals surface area contributed by atoms with E-state index in [1.807, 2.05) is 19.1 Å². The average Bonchev–Trinajstić information content (AvgIpc) is 2.90. The molecule has 0 unspecified atom stereocenters. The van der Waals surface area contributed by atoms with Crippen molar-refractivity contribution in [2.75, 3.05) is 7.05 Å². The zero-order valence-corrected chi connectivity index (χ0v) is 12.7. The van der Waals surface area contributed by atoms with E-state index in [-0.39, 0.29) is 11.5 Å². The highest BCUT2D eigenvalue weighted by Gasteiger charge is 2.11. The highest BCUT2D eigenvalue weighted by Crippen LogP contribution is 2.11. The average molecular weight is 301 g/mol. The fraction of sp³-hybridized carbons (Fsp3) is 0.294. The van der Waals surface area contributed by atoms with Gasteiger partial charge in [-0.1, -0.05) is 12.1 Å². The van der Waals surface area contributed by atoms with Gasteiger partial charge in [-0.05, 0) is 43.2 Å². The molecule has 1 N–H and O–H groups in total. The summed E-state index contributed by atoms with van der Waals surface area (Å²) in [4.78, 5) is 24.5. The van der Waals surface area contributed by atoms with Gasteiger partial charge in [0.15, 0.2) is 0 Å². The van der Waals surface area contributed by atoms with E-state index in [0.29, 0.717) is 19.4 Å². The lowest BCUT2D eigenvalue weighted by molar-refractivity contribution is -0.130. The number of aromatic carboxylic acids is 1. The van der Waals surface area contributed by atoms with Gasteiger partial charge in [0.2, 0.25) is 5.91 Å². The molecule has 22 heavy (non-hydrogen) atoms. The number of amides is 1. The number of hydrogen-bond donors (Lipinski definition) is 1. The Kier molecular flexibility index (Phi) is 4.99. The first-order chi connectivity index (χ1) is 10.5. The lowest BCUT2D eigenvalue weighted by Gasteiger charge is -2.15. The van der Waals surface area contributed by atoms with Gasteiger partial charge in [-0.2, -0.15) is 0 Å². The predicted molar refractivity (Wildman–Crippen MR) is 81.6 cm³/mol. The Morgan fingerprint density at radius 1 is 1.14 bits per heavy atom. The lowest BCUT2D eigenvalue weighted by Crippen LogP contribution is -2.26. The summed E-state index contributed by atoms with van der Waals surface area (Å²) in [5.41, 5.74) is 1.20. The molecule has 5 heteroatoms. The summed E-state index contributed by atoms with van der Waals surface area (Å²) in [6, 6.07) is 10.3. The summed E-state index contributed by atoms with van der Waals surface area (Å²) >= 11 is 0. The molecule has 1 aromatic heterocycles. The van der Waals surface area contributed by atoms with Crippen molar-refractivity contribution in [2.24, 2.45) is 0 Å². The van der Waals surface area contributed by atoms with E-state index < -0.39 is 5.97 Å². The maximum Gasteiger partial charge on any atom is 0.335 e. The van der Waals surface area contributed by atoms with Crippen LogP contribution < -0.4 is 0 Å². The molecule has 1 amide bonds. The number of benzene rings is 1. The van der Waals surface area contributed by atoms with Gasteiger partial charge in [-0.15, -0.1) is 0 Å². The molecular formula is C17H19NO4. The number of aryl methyl sites for hydroxylation is 2. The molecule has 116 valence electrons. The summed E-state index contributed by atoms with van der Waals surface area (Å²) in [7, 11) is 1.74. The second kappa shape index (κ2) is 6.93. The fourth-order valence-electron chi connectivity index (χ4n) is 2.15. The van der Waals surface area contributed by atoms with Gasteiger partial charge in [0, 0.05) is 13.5 Å². The lowest BCUT2D eigenvalue weighted by atomic mass is 10.1. The second-order valence-electron chi connectivity index (χ2n) is 5.26. The molecule has 2 rings (SSSR count). The molecule has 0 radical (unpaired) electrons. The Hall–Kier alpha value is -2.56. The minimum atomic E-state index is -0.948. The van der Waals surface area contributed by atoms with Crippen LogP contribution in [0.5, 0.6) is 0 Å². The number of carbonyl (C=O) groups is 2. The van der Waals surface area contributed by atoms with Crippen LogP contribution in [0.4, 0.5) is 0 Å². The molecule has 0 spiro atoms. The maximum absolute atomic E-state index is 12.1. The van der Waals surface area contributed by atoms with Crippen molar-refractivity contribution in [3.63, 3.8) is 0 Å². The normalized spacial score (nSPS) is 10.5. The topological polar surface area (TPSA) is 70.8 Å². The Morgan fingerprint density at radius 2 is 1.82 bits per heavy atom. The second-order valence-corrected chi connectivity index (χ2v) is 5.26. The van der Waals surface area contributed by atoms with Crippen molar-refractivity contribution in [3.05, 3.63) is 59.0 Å². The number of furan rings is 1. The Labute approximate surface area is 129 Å². The minimum Gasteiger partial charge on any atom is -0.478 e. The zero-order chi connectivity index (χ0) is 16.1. The van der Waals surface area contributed by atoms with Crippen LogP contribution in [0.1, 0.15) is 33.9 Å². The highest BCUT2D eigenvalue weighted by molar-refractivity contribution is 5.87. The number of rotatable bonds is 6. The molecule has 0 aliphatic carbocycles. The van der Waals surface area contributed by atoms with E-state index in [9.17, 15) is 9.59 Å². The number of carboxylic acid groups (broad SMARTS) is 1. The third kappa shape index (κ3) is 4.22. The van der Waals surface area contributed by atoms with Gasteiger partial charge in [0.05, 0.1) is 12.1 Å². The van der Waals surface area contributed by atoms with E-state index in [2.05, 4.69) is 0 Å². The Bertz CT molecular complexity index is 658. The smallest absolute Gasteiger partial charge is 0.335 e. The SMILES string of the molecule is Cc1ccc(CN(C)C(=O)CCc2ccc(C(=O)O)cc2)o1. The van der Waals surface area contributed by atoms with Gasteiger partial charge < -0.3 is 14.4 Å². The third-order valence-electron chi connectivity index (χ3n) is 3.44. The summed E-state index contributed by atoms with van der Waals surface area (Å²) in [5, 5.41) is 8.84. The van der Waals surface area contributed by atoms with Crippen LogP contribution in [0, 0.1) is 6.92 Å². The zero-order valence-electron chi connectivity index (χ0n) is 12.7. The molecule has 0 bridgehead atoms. The Balaban J connectivity index is 1.85. The van der Waals surface area contributed by atoms with Crippen LogP contribution in [-0.4, -0.2) is 28.9 Å². The van der Waals surface area contributed by atoms with Crippen molar-refractivity contribution in [1.29, 1.82) is 0 Å². The third-order valence-corrected chi connectivity index (χ3v) is 3.44.